The van der Waals surface area contributed by atoms with E-state index >= 15 is 0 Å². The zero-order valence-electron chi connectivity index (χ0n) is 11.3. The van der Waals surface area contributed by atoms with Crippen LogP contribution in [0, 0.1) is 6.92 Å². The summed E-state index contributed by atoms with van der Waals surface area (Å²) in [5.41, 5.74) is 3.18. The molecular weight excluding hydrogens is 262 g/mol. The van der Waals surface area contributed by atoms with Gasteiger partial charge in [-0.05, 0) is 6.92 Å². The molecule has 18 heavy (non-hydrogen) atoms. The average Bonchev–Trinajstić information content (AvgIpc) is 2.88. The molecule has 0 saturated carbocycles. The first-order valence-electron chi connectivity index (χ1n) is 6.01. The van der Waals surface area contributed by atoms with Crippen LogP contribution in [0.1, 0.15) is 41.2 Å². The zero-order valence-corrected chi connectivity index (χ0v) is 12.9. The molecule has 2 rings (SSSR count). The third-order valence-corrected chi connectivity index (χ3v) is 4.98. The van der Waals surface area contributed by atoms with Crippen LogP contribution in [0.25, 0.3) is 0 Å². The summed E-state index contributed by atoms with van der Waals surface area (Å²) in [6, 6.07) is 0. The second-order valence-corrected chi connectivity index (χ2v) is 7.40. The minimum absolute atomic E-state index is 0.150. The van der Waals surface area contributed by atoms with Crippen molar-refractivity contribution in [1.82, 2.24) is 15.3 Å². The lowest BCUT2D eigenvalue weighted by atomic mass is 9.98. The number of aryl methyl sites for hydroxylation is 1. The molecule has 98 valence electrons. The predicted octanol–water partition coefficient (Wildman–Crippen LogP) is 3.50. The average molecular weight is 281 g/mol. The fraction of sp³-hybridized carbons (Fsp3) is 0.538. The van der Waals surface area contributed by atoms with Crippen LogP contribution >= 0.6 is 22.7 Å². The molecule has 2 heterocycles. The molecule has 0 aliphatic carbocycles. The number of nitrogens with one attached hydrogen (secondary N) is 1. The summed E-state index contributed by atoms with van der Waals surface area (Å²) in [5, 5.41) is 4.65. The molecule has 0 aliphatic heterocycles. The third-order valence-electron chi connectivity index (χ3n) is 2.62. The highest BCUT2D eigenvalue weighted by Crippen LogP contribution is 2.26. The molecule has 0 spiro atoms. The Kier molecular flexibility index (Phi) is 4.14. The lowest BCUT2D eigenvalue weighted by molar-refractivity contribution is 0.585. The molecule has 5 heteroatoms. The van der Waals surface area contributed by atoms with Crippen molar-refractivity contribution in [3.05, 3.63) is 32.2 Å². The Morgan fingerprint density at radius 2 is 2.00 bits per heavy atom. The lowest BCUT2D eigenvalue weighted by Gasteiger charge is -2.13. The smallest absolute Gasteiger partial charge is 0.0981 e. The van der Waals surface area contributed by atoms with E-state index in [1.807, 2.05) is 11.7 Å². The number of nitrogens with zero attached hydrogens (tertiary/aromatic N) is 2. The second-order valence-electron chi connectivity index (χ2n) is 5.35. The highest BCUT2D eigenvalue weighted by Gasteiger charge is 2.17. The van der Waals surface area contributed by atoms with Crippen molar-refractivity contribution in [2.45, 2.75) is 46.2 Å². The van der Waals surface area contributed by atoms with Crippen molar-refractivity contribution in [2.75, 3.05) is 0 Å². The highest BCUT2D eigenvalue weighted by molar-refractivity contribution is 7.11. The van der Waals surface area contributed by atoms with E-state index in [1.165, 1.54) is 14.8 Å². The summed E-state index contributed by atoms with van der Waals surface area (Å²) in [4.78, 5) is 11.3. The maximum atomic E-state index is 4.49. The van der Waals surface area contributed by atoms with Crippen LogP contribution in [0.3, 0.4) is 0 Å². The van der Waals surface area contributed by atoms with Crippen molar-refractivity contribution >= 4 is 22.7 Å². The molecule has 0 unspecified atom stereocenters. The molecule has 0 saturated heterocycles. The van der Waals surface area contributed by atoms with E-state index in [-0.39, 0.29) is 5.41 Å². The first kappa shape index (κ1) is 13.6. The number of aromatic nitrogens is 2. The minimum Gasteiger partial charge on any atom is -0.307 e. The quantitative estimate of drug-likeness (QED) is 0.932. The topological polar surface area (TPSA) is 37.8 Å². The predicted molar refractivity (Wildman–Crippen MR) is 78.2 cm³/mol. The summed E-state index contributed by atoms with van der Waals surface area (Å²) < 4.78 is 0. The molecule has 2 aromatic rings. The molecule has 0 fully saturated rings. The van der Waals surface area contributed by atoms with Gasteiger partial charge in [-0.3, -0.25) is 0 Å². The number of hydrogen-bond donors (Lipinski definition) is 1. The Morgan fingerprint density at radius 1 is 1.22 bits per heavy atom. The van der Waals surface area contributed by atoms with Gasteiger partial charge in [0.1, 0.15) is 0 Å². The Hall–Kier alpha value is -0.780. The van der Waals surface area contributed by atoms with Crippen LogP contribution in [0.5, 0.6) is 0 Å². The number of thiazole rings is 2. The van der Waals surface area contributed by atoms with Crippen molar-refractivity contribution < 1.29 is 0 Å². The maximum absolute atomic E-state index is 4.49. The van der Waals surface area contributed by atoms with Gasteiger partial charge in [0.2, 0.25) is 0 Å². The van der Waals surface area contributed by atoms with Gasteiger partial charge in [0, 0.05) is 34.5 Å². The molecule has 2 aromatic heterocycles. The van der Waals surface area contributed by atoms with E-state index in [0.29, 0.717) is 0 Å². The van der Waals surface area contributed by atoms with Gasteiger partial charge in [-0.15, -0.1) is 22.7 Å². The molecule has 0 atom stereocenters. The molecule has 3 nitrogen and oxygen atoms in total. The van der Waals surface area contributed by atoms with E-state index < -0.39 is 0 Å². The van der Waals surface area contributed by atoms with E-state index in [1.54, 1.807) is 22.7 Å². The van der Waals surface area contributed by atoms with Gasteiger partial charge in [0.15, 0.2) is 0 Å². The van der Waals surface area contributed by atoms with Crippen LogP contribution in [0.15, 0.2) is 11.7 Å². The van der Waals surface area contributed by atoms with Crippen molar-refractivity contribution in [2.24, 2.45) is 0 Å². The standard InChI is InChI=1S/C13H19N3S2/c1-9-11(17-8-16-9)7-14-5-10-6-15-12(18-10)13(2,3)4/h6,8,14H,5,7H2,1-4H3. The normalized spacial score (nSPS) is 12.0. The van der Waals surface area contributed by atoms with Gasteiger partial charge in [-0.25, -0.2) is 9.97 Å². The van der Waals surface area contributed by atoms with Crippen molar-refractivity contribution in [3.8, 4) is 0 Å². The zero-order chi connectivity index (χ0) is 13.2. The fourth-order valence-electron chi connectivity index (χ4n) is 1.53. The van der Waals surface area contributed by atoms with Crippen molar-refractivity contribution in [3.63, 3.8) is 0 Å². The van der Waals surface area contributed by atoms with Crippen LogP contribution in [0.4, 0.5) is 0 Å². The van der Waals surface area contributed by atoms with Gasteiger partial charge >= 0.3 is 0 Å². The number of rotatable bonds is 4. The first-order chi connectivity index (χ1) is 8.47. The molecule has 0 aromatic carbocycles. The largest absolute Gasteiger partial charge is 0.307 e. The molecular formula is C13H19N3S2. The van der Waals surface area contributed by atoms with Crippen LogP contribution in [-0.4, -0.2) is 9.97 Å². The highest BCUT2D eigenvalue weighted by atomic mass is 32.1. The minimum atomic E-state index is 0.150. The first-order valence-corrected chi connectivity index (χ1v) is 7.71. The molecule has 0 radical (unpaired) electrons. The second kappa shape index (κ2) is 5.47. The molecule has 0 bridgehead atoms. The maximum Gasteiger partial charge on any atom is 0.0981 e. The lowest BCUT2D eigenvalue weighted by Crippen LogP contribution is -2.11. The summed E-state index contributed by atoms with van der Waals surface area (Å²) in [5.74, 6) is 0. The van der Waals surface area contributed by atoms with Crippen LogP contribution in [-0.2, 0) is 18.5 Å². The van der Waals surface area contributed by atoms with Gasteiger partial charge in [0.05, 0.1) is 16.2 Å². The van der Waals surface area contributed by atoms with Gasteiger partial charge in [-0.1, -0.05) is 20.8 Å². The summed E-state index contributed by atoms with van der Waals surface area (Å²) in [7, 11) is 0. The van der Waals surface area contributed by atoms with E-state index in [9.17, 15) is 0 Å². The Labute approximate surface area is 116 Å². The Bertz CT molecular complexity index is 508. The van der Waals surface area contributed by atoms with E-state index in [4.69, 9.17) is 0 Å². The SMILES string of the molecule is Cc1ncsc1CNCc1cnc(C(C)(C)C)s1. The Balaban J connectivity index is 1.88. The van der Waals surface area contributed by atoms with E-state index in [0.717, 1.165) is 18.8 Å². The van der Waals surface area contributed by atoms with Gasteiger partial charge in [0.25, 0.3) is 0 Å². The fourth-order valence-corrected chi connectivity index (χ4v) is 3.22. The summed E-state index contributed by atoms with van der Waals surface area (Å²) in [6.07, 6.45) is 1.98. The molecule has 0 amide bonds. The number of hydrogen-bond acceptors (Lipinski definition) is 5. The summed E-state index contributed by atoms with van der Waals surface area (Å²) in [6.45, 7) is 10.4. The van der Waals surface area contributed by atoms with E-state index in [2.05, 4.69) is 43.0 Å². The van der Waals surface area contributed by atoms with Gasteiger partial charge in [-0.2, -0.15) is 0 Å². The molecule has 1 N–H and O–H groups in total. The van der Waals surface area contributed by atoms with Gasteiger partial charge < -0.3 is 5.32 Å². The Morgan fingerprint density at radius 3 is 2.56 bits per heavy atom. The van der Waals surface area contributed by atoms with Crippen molar-refractivity contribution in [1.29, 1.82) is 0 Å². The van der Waals surface area contributed by atoms with Crippen LogP contribution in [0.2, 0.25) is 0 Å². The monoisotopic (exact) mass is 281 g/mol. The third kappa shape index (κ3) is 3.37. The molecule has 0 aliphatic rings. The summed E-state index contributed by atoms with van der Waals surface area (Å²) >= 11 is 3.50. The van der Waals surface area contributed by atoms with Crippen LogP contribution < -0.4 is 5.32 Å².